The normalized spacial score (nSPS) is 17.3. The predicted octanol–water partition coefficient (Wildman–Crippen LogP) is 2.77. The van der Waals surface area contributed by atoms with Crippen molar-refractivity contribution in [1.82, 2.24) is 14.7 Å². The lowest BCUT2D eigenvalue weighted by Crippen LogP contribution is -2.36. The van der Waals surface area contributed by atoms with Gasteiger partial charge in [0.25, 0.3) is 11.5 Å². The van der Waals surface area contributed by atoms with E-state index in [0.29, 0.717) is 11.4 Å². The zero-order chi connectivity index (χ0) is 24.5. The van der Waals surface area contributed by atoms with Gasteiger partial charge in [-0.15, -0.1) is 0 Å². The van der Waals surface area contributed by atoms with E-state index in [0.717, 1.165) is 16.1 Å². The minimum absolute atomic E-state index is 0.0238. The largest absolute Gasteiger partial charge is 0.438 e. The summed E-state index contributed by atoms with van der Waals surface area (Å²) in [4.78, 5) is 30.5. The molecule has 0 aliphatic carbocycles. The standard InChI is InChI=1S/C23H19BrN4O5S/c1-14-3-2-9-28-20(14)27-22(33-18-6-4-16(24)5-7-18)19(23(28)30)11-15(12-25)21(29)26-17-8-10-34(31,32)13-17/h2-7,9,11,17H,8,10,13H2,1H3,(H,26,29). The van der Waals surface area contributed by atoms with Crippen LogP contribution < -0.4 is 15.6 Å². The Kier molecular flexibility index (Phi) is 6.54. The van der Waals surface area contributed by atoms with Gasteiger partial charge in [-0.1, -0.05) is 22.0 Å². The first kappa shape index (κ1) is 23.7. The molecule has 3 aromatic rings. The van der Waals surface area contributed by atoms with Crippen molar-refractivity contribution in [2.24, 2.45) is 0 Å². The van der Waals surface area contributed by atoms with Crippen molar-refractivity contribution in [3.8, 4) is 17.7 Å². The molecule has 3 heterocycles. The maximum absolute atomic E-state index is 13.3. The summed E-state index contributed by atoms with van der Waals surface area (Å²) in [5.74, 6) is -0.640. The van der Waals surface area contributed by atoms with Crippen LogP contribution in [0, 0.1) is 18.3 Å². The van der Waals surface area contributed by atoms with Gasteiger partial charge in [0, 0.05) is 16.7 Å². The summed E-state index contributed by atoms with van der Waals surface area (Å²) in [6, 6.07) is 11.6. The summed E-state index contributed by atoms with van der Waals surface area (Å²) >= 11 is 3.35. The number of aromatic nitrogens is 2. The molecule has 1 aliphatic rings. The number of nitrogens with one attached hydrogen (secondary N) is 1. The van der Waals surface area contributed by atoms with Crippen molar-refractivity contribution >= 4 is 43.4 Å². The molecule has 9 nitrogen and oxygen atoms in total. The first-order valence-electron chi connectivity index (χ1n) is 10.3. The fourth-order valence-corrected chi connectivity index (χ4v) is 5.51. The summed E-state index contributed by atoms with van der Waals surface area (Å²) in [5, 5.41) is 12.2. The highest BCUT2D eigenvalue weighted by Gasteiger charge is 2.30. The Morgan fingerprint density at radius 1 is 1.32 bits per heavy atom. The van der Waals surface area contributed by atoms with Gasteiger partial charge in [-0.2, -0.15) is 10.2 Å². The summed E-state index contributed by atoms with van der Waals surface area (Å²) in [5.41, 5.74) is 0.130. The molecular formula is C23H19BrN4O5S. The topological polar surface area (TPSA) is 131 Å². The second kappa shape index (κ2) is 9.40. The van der Waals surface area contributed by atoms with E-state index in [2.05, 4.69) is 26.2 Å². The van der Waals surface area contributed by atoms with Gasteiger partial charge in [-0.25, -0.2) is 8.42 Å². The number of sulfone groups is 1. The molecule has 11 heteroatoms. The molecular weight excluding hydrogens is 524 g/mol. The van der Waals surface area contributed by atoms with E-state index in [1.165, 1.54) is 10.6 Å². The summed E-state index contributed by atoms with van der Waals surface area (Å²) in [6.45, 7) is 1.80. The number of halogens is 1. The number of aryl methyl sites for hydroxylation is 1. The smallest absolute Gasteiger partial charge is 0.269 e. The molecule has 4 rings (SSSR count). The molecule has 1 aromatic carbocycles. The molecule has 1 fully saturated rings. The van der Waals surface area contributed by atoms with Crippen LogP contribution in [-0.4, -0.2) is 41.3 Å². The Hall–Kier alpha value is -3.49. The Balaban J connectivity index is 1.78. The Labute approximate surface area is 203 Å². The lowest BCUT2D eigenvalue weighted by atomic mass is 10.1. The minimum Gasteiger partial charge on any atom is -0.438 e. The first-order chi connectivity index (χ1) is 16.2. The molecule has 0 saturated carbocycles. The van der Waals surface area contributed by atoms with Crippen molar-refractivity contribution < 1.29 is 17.9 Å². The van der Waals surface area contributed by atoms with E-state index >= 15 is 0 Å². The van der Waals surface area contributed by atoms with Crippen LogP contribution in [0.4, 0.5) is 0 Å². The van der Waals surface area contributed by atoms with Crippen LogP contribution in [0.2, 0.25) is 0 Å². The number of nitrogens with zero attached hydrogens (tertiary/aromatic N) is 3. The zero-order valence-electron chi connectivity index (χ0n) is 18.0. The van der Waals surface area contributed by atoms with Gasteiger partial charge in [0.05, 0.1) is 11.5 Å². The summed E-state index contributed by atoms with van der Waals surface area (Å²) in [7, 11) is -3.22. The molecule has 0 bridgehead atoms. The molecule has 34 heavy (non-hydrogen) atoms. The highest BCUT2D eigenvalue weighted by molar-refractivity contribution is 9.10. The van der Waals surface area contributed by atoms with Gasteiger partial charge in [-0.05, 0) is 55.3 Å². The molecule has 1 unspecified atom stereocenters. The van der Waals surface area contributed by atoms with Crippen molar-refractivity contribution in [2.75, 3.05) is 11.5 Å². The Bertz CT molecular complexity index is 1520. The molecule has 2 aromatic heterocycles. The van der Waals surface area contributed by atoms with Gasteiger partial charge in [-0.3, -0.25) is 14.0 Å². The monoisotopic (exact) mass is 542 g/mol. The molecule has 0 spiro atoms. The van der Waals surface area contributed by atoms with E-state index < -0.39 is 27.3 Å². The van der Waals surface area contributed by atoms with Gasteiger partial charge < -0.3 is 10.1 Å². The third kappa shape index (κ3) is 5.03. The Morgan fingerprint density at radius 2 is 2.06 bits per heavy atom. The second-order valence-electron chi connectivity index (χ2n) is 7.82. The SMILES string of the molecule is Cc1cccn2c(=O)c(C=C(C#N)C(=O)NC3CCS(=O)(=O)C3)c(Oc3ccc(Br)cc3)nc12. The number of nitriles is 1. The Morgan fingerprint density at radius 3 is 2.71 bits per heavy atom. The van der Waals surface area contributed by atoms with Crippen molar-refractivity contribution in [3.63, 3.8) is 0 Å². The fraction of sp³-hybridized carbons (Fsp3) is 0.217. The van der Waals surface area contributed by atoms with Gasteiger partial charge >= 0.3 is 0 Å². The minimum atomic E-state index is -3.22. The van der Waals surface area contributed by atoms with E-state index in [9.17, 15) is 23.3 Å². The van der Waals surface area contributed by atoms with Crippen LogP contribution >= 0.6 is 15.9 Å². The number of benzene rings is 1. The quantitative estimate of drug-likeness (QED) is 0.387. The van der Waals surface area contributed by atoms with E-state index in [4.69, 9.17) is 4.74 Å². The lowest BCUT2D eigenvalue weighted by molar-refractivity contribution is -0.117. The summed E-state index contributed by atoms with van der Waals surface area (Å²) in [6.07, 6.45) is 2.93. The molecule has 174 valence electrons. The van der Waals surface area contributed by atoms with Gasteiger partial charge in [0.15, 0.2) is 9.84 Å². The number of ether oxygens (including phenoxy) is 1. The molecule has 0 radical (unpaired) electrons. The number of amides is 1. The molecule has 1 N–H and O–H groups in total. The number of hydrogen-bond donors (Lipinski definition) is 1. The van der Waals surface area contributed by atoms with Crippen molar-refractivity contribution in [1.29, 1.82) is 5.26 Å². The van der Waals surface area contributed by atoms with Crippen LogP contribution in [0.5, 0.6) is 11.6 Å². The third-order valence-corrected chi connectivity index (χ3v) is 7.60. The number of pyridine rings is 1. The van der Waals surface area contributed by atoms with Gasteiger partial charge in [0.1, 0.15) is 28.6 Å². The van der Waals surface area contributed by atoms with E-state index in [1.54, 1.807) is 49.4 Å². The fourth-order valence-electron chi connectivity index (χ4n) is 3.57. The average molecular weight is 543 g/mol. The molecule has 1 aliphatic heterocycles. The average Bonchev–Trinajstić information content (AvgIpc) is 3.14. The van der Waals surface area contributed by atoms with Crippen LogP contribution in [-0.2, 0) is 14.6 Å². The van der Waals surface area contributed by atoms with Crippen LogP contribution in [0.15, 0.2) is 57.4 Å². The third-order valence-electron chi connectivity index (χ3n) is 5.30. The van der Waals surface area contributed by atoms with Crippen molar-refractivity contribution in [3.05, 3.63) is 74.1 Å². The van der Waals surface area contributed by atoms with Crippen molar-refractivity contribution in [2.45, 2.75) is 19.4 Å². The lowest BCUT2D eigenvalue weighted by Gasteiger charge is -2.12. The number of carbonyl (C=O) groups excluding carboxylic acids is 1. The van der Waals surface area contributed by atoms with Crippen LogP contribution in [0.25, 0.3) is 11.7 Å². The molecule has 1 amide bonds. The summed E-state index contributed by atoms with van der Waals surface area (Å²) < 4.78 is 31.4. The van der Waals surface area contributed by atoms with E-state index in [1.807, 2.05) is 0 Å². The predicted molar refractivity (Wildman–Crippen MR) is 129 cm³/mol. The number of rotatable bonds is 5. The number of carbonyl (C=O) groups is 1. The number of fused-ring (bicyclic) bond motifs is 1. The number of hydrogen-bond acceptors (Lipinski definition) is 7. The maximum Gasteiger partial charge on any atom is 0.269 e. The maximum atomic E-state index is 13.3. The zero-order valence-corrected chi connectivity index (χ0v) is 20.4. The molecule has 1 atom stereocenters. The van der Waals surface area contributed by atoms with Crippen LogP contribution in [0.1, 0.15) is 17.5 Å². The molecule has 1 saturated heterocycles. The highest BCUT2D eigenvalue weighted by atomic mass is 79.9. The second-order valence-corrected chi connectivity index (χ2v) is 11.0. The first-order valence-corrected chi connectivity index (χ1v) is 12.9. The van der Waals surface area contributed by atoms with E-state index in [-0.39, 0.29) is 34.9 Å². The van der Waals surface area contributed by atoms with Gasteiger partial charge in [0.2, 0.25) is 5.88 Å². The highest BCUT2D eigenvalue weighted by Crippen LogP contribution is 2.26. The van der Waals surface area contributed by atoms with Crippen LogP contribution in [0.3, 0.4) is 0 Å².